The number of allylic oxidation sites excluding steroid dienone is 1. The molecular formula is C19H22N4O2S2. The summed E-state index contributed by atoms with van der Waals surface area (Å²) in [7, 11) is 1.69. The molecule has 2 aromatic rings. The van der Waals surface area contributed by atoms with Crippen LogP contribution in [0.25, 0.3) is 10.2 Å². The van der Waals surface area contributed by atoms with Crippen LogP contribution in [0.4, 0.5) is 0 Å². The number of nitrogens with zero attached hydrogens (tertiary/aromatic N) is 4. The molecule has 27 heavy (non-hydrogen) atoms. The number of fused-ring (bicyclic) bond motifs is 3. The van der Waals surface area contributed by atoms with Crippen molar-refractivity contribution >= 4 is 39.2 Å². The quantitative estimate of drug-likeness (QED) is 0.404. The Labute approximate surface area is 166 Å². The number of rotatable bonds is 7. The Bertz CT molecular complexity index is 986. The topological polar surface area (TPSA) is 79.0 Å². The van der Waals surface area contributed by atoms with E-state index in [0.717, 1.165) is 35.0 Å². The van der Waals surface area contributed by atoms with Gasteiger partial charge in [0.2, 0.25) is 5.91 Å². The van der Waals surface area contributed by atoms with Gasteiger partial charge in [-0.05, 0) is 31.7 Å². The number of amides is 1. The van der Waals surface area contributed by atoms with Gasteiger partial charge in [0, 0.05) is 25.0 Å². The monoisotopic (exact) mass is 402 g/mol. The highest BCUT2D eigenvalue weighted by molar-refractivity contribution is 8.00. The lowest BCUT2D eigenvalue weighted by Crippen LogP contribution is -2.34. The van der Waals surface area contributed by atoms with E-state index in [-0.39, 0.29) is 11.5 Å². The average Bonchev–Trinajstić information content (AvgIpc) is 3.22. The maximum atomic E-state index is 13.1. The van der Waals surface area contributed by atoms with Crippen molar-refractivity contribution in [3.63, 3.8) is 0 Å². The number of aryl methyl sites for hydroxylation is 2. The van der Waals surface area contributed by atoms with Crippen molar-refractivity contribution in [2.45, 2.75) is 49.6 Å². The van der Waals surface area contributed by atoms with E-state index in [0.29, 0.717) is 24.7 Å². The van der Waals surface area contributed by atoms with Crippen molar-refractivity contribution in [3.05, 3.63) is 33.4 Å². The first-order valence-corrected chi connectivity index (χ1v) is 10.6. The van der Waals surface area contributed by atoms with Crippen molar-refractivity contribution < 1.29 is 4.79 Å². The SMILES string of the molecule is C=CCn1c(S[C@H](C)C(=O)N(C)CCC#N)nc2sc3c(c2c1=O)CCC3. The van der Waals surface area contributed by atoms with E-state index in [9.17, 15) is 9.59 Å². The van der Waals surface area contributed by atoms with E-state index >= 15 is 0 Å². The molecule has 0 spiro atoms. The molecule has 3 rings (SSSR count). The van der Waals surface area contributed by atoms with Crippen LogP contribution < -0.4 is 5.56 Å². The Morgan fingerprint density at radius 1 is 1.56 bits per heavy atom. The van der Waals surface area contributed by atoms with Crippen LogP contribution in [0.2, 0.25) is 0 Å². The number of carbonyl (C=O) groups is 1. The highest BCUT2D eigenvalue weighted by Gasteiger charge is 2.25. The van der Waals surface area contributed by atoms with Crippen molar-refractivity contribution in [3.8, 4) is 6.07 Å². The zero-order valence-corrected chi connectivity index (χ0v) is 17.2. The lowest BCUT2D eigenvalue weighted by Gasteiger charge is -2.20. The number of hydrogen-bond acceptors (Lipinski definition) is 6. The molecule has 0 fully saturated rings. The van der Waals surface area contributed by atoms with Crippen LogP contribution in [0.5, 0.6) is 0 Å². The minimum atomic E-state index is -0.402. The Morgan fingerprint density at radius 3 is 3.04 bits per heavy atom. The molecule has 0 bridgehead atoms. The lowest BCUT2D eigenvalue weighted by atomic mass is 10.2. The van der Waals surface area contributed by atoms with Crippen LogP contribution in [-0.4, -0.2) is 39.2 Å². The Kier molecular flexibility index (Phi) is 6.02. The fraction of sp³-hybridized carbons (Fsp3) is 0.474. The van der Waals surface area contributed by atoms with Crippen LogP contribution in [-0.2, 0) is 24.2 Å². The van der Waals surface area contributed by atoms with Crippen LogP contribution >= 0.6 is 23.1 Å². The van der Waals surface area contributed by atoms with Crippen molar-refractivity contribution in [2.24, 2.45) is 0 Å². The average molecular weight is 403 g/mol. The van der Waals surface area contributed by atoms with Crippen molar-refractivity contribution in [2.75, 3.05) is 13.6 Å². The van der Waals surface area contributed by atoms with Gasteiger partial charge >= 0.3 is 0 Å². The van der Waals surface area contributed by atoms with E-state index in [1.807, 2.05) is 6.07 Å². The van der Waals surface area contributed by atoms with Gasteiger partial charge in [0.05, 0.1) is 23.1 Å². The largest absolute Gasteiger partial charge is 0.344 e. The molecule has 2 aromatic heterocycles. The summed E-state index contributed by atoms with van der Waals surface area (Å²) < 4.78 is 1.62. The summed E-state index contributed by atoms with van der Waals surface area (Å²) in [4.78, 5) is 34.0. The van der Waals surface area contributed by atoms with Gasteiger partial charge in [-0.25, -0.2) is 4.98 Å². The third-order valence-electron chi connectivity index (χ3n) is 4.67. The van der Waals surface area contributed by atoms with Gasteiger partial charge in [-0.2, -0.15) is 5.26 Å². The van der Waals surface area contributed by atoms with Gasteiger partial charge in [-0.1, -0.05) is 17.8 Å². The molecule has 6 nitrogen and oxygen atoms in total. The summed E-state index contributed by atoms with van der Waals surface area (Å²) in [5.74, 6) is -0.0802. The summed E-state index contributed by atoms with van der Waals surface area (Å²) in [5.41, 5.74) is 1.11. The lowest BCUT2D eigenvalue weighted by molar-refractivity contribution is -0.128. The molecule has 0 N–H and O–H groups in total. The minimum absolute atomic E-state index is 0.0423. The van der Waals surface area contributed by atoms with E-state index < -0.39 is 5.25 Å². The van der Waals surface area contributed by atoms with Gasteiger partial charge < -0.3 is 4.90 Å². The molecule has 142 valence electrons. The molecule has 2 heterocycles. The van der Waals surface area contributed by atoms with E-state index in [1.165, 1.54) is 16.6 Å². The smallest absolute Gasteiger partial charge is 0.263 e. The van der Waals surface area contributed by atoms with Crippen molar-refractivity contribution in [1.29, 1.82) is 5.26 Å². The number of thiophene rings is 1. The second kappa shape index (κ2) is 8.28. The maximum Gasteiger partial charge on any atom is 0.263 e. The molecule has 1 aliphatic carbocycles. The second-order valence-electron chi connectivity index (χ2n) is 6.56. The first-order chi connectivity index (χ1) is 13.0. The Balaban J connectivity index is 1.95. The van der Waals surface area contributed by atoms with E-state index in [1.54, 1.807) is 40.9 Å². The third kappa shape index (κ3) is 3.80. The minimum Gasteiger partial charge on any atom is -0.344 e. The summed E-state index contributed by atoms with van der Waals surface area (Å²) >= 11 is 2.89. The predicted octanol–water partition coefficient (Wildman–Crippen LogP) is 2.99. The normalized spacial score (nSPS) is 14.0. The van der Waals surface area contributed by atoms with Gasteiger partial charge in [0.1, 0.15) is 4.83 Å². The number of thioether (sulfide) groups is 1. The van der Waals surface area contributed by atoms with E-state index in [2.05, 4.69) is 6.58 Å². The summed E-state index contributed by atoms with van der Waals surface area (Å²) in [6, 6.07) is 2.05. The first kappa shape index (κ1) is 19.6. The number of nitriles is 1. The number of carbonyl (C=O) groups excluding carboxylic acids is 1. The molecule has 0 aliphatic heterocycles. The zero-order chi connectivity index (χ0) is 19.6. The summed E-state index contributed by atoms with van der Waals surface area (Å²) in [6.45, 7) is 6.31. The highest BCUT2D eigenvalue weighted by Crippen LogP contribution is 2.36. The number of aromatic nitrogens is 2. The van der Waals surface area contributed by atoms with Crippen LogP contribution in [0, 0.1) is 11.3 Å². The molecular weight excluding hydrogens is 380 g/mol. The number of hydrogen-bond donors (Lipinski definition) is 0. The molecule has 0 unspecified atom stereocenters. The van der Waals surface area contributed by atoms with Crippen LogP contribution in [0.15, 0.2) is 22.6 Å². The summed E-state index contributed by atoms with van der Waals surface area (Å²) in [6.07, 6.45) is 5.02. The molecule has 1 aliphatic rings. The van der Waals surface area contributed by atoms with Crippen LogP contribution in [0.1, 0.15) is 30.2 Å². The first-order valence-electron chi connectivity index (χ1n) is 8.92. The highest BCUT2D eigenvalue weighted by atomic mass is 32.2. The molecule has 0 saturated carbocycles. The van der Waals surface area contributed by atoms with Gasteiger partial charge in [-0.3, -0.25) is 14.2 Å². The van der Waals surface area contributed by atoms with Gasteiger partial charge in [0.25, 0.3) is 5.56 Å². The molecule has 8 heteroatoms. The fourth-order valence-electron chi connectivity index (χ4n) is 3.29. The summed E-state index contributed by atoms with van der Waals surface area (Å²) in [5, 5.41) is 9.58. The van der Waals surface area contributed by atoms with Crippen molar-refractivity contribution in [1.82, 2.24) is 14.5 Å². The Morgan fingerprint density at radius 2 is 2.33 bits per heavy atom. The fourth-order valence-corrected chi connectivity index (χ4v) is 5.62. The maximum absolute atomic E-state index is 13.1. The second-order valence-corrected chi connectivity index (χ2v) is 8.96. The third-order valence-corrected chi connectivity index (χ3v) is 6.93. The van der Waals surface area contributed by atoms with Gasteiger partial charge in [-0.15, -0.1) is 17.9 Å². The molecule has 1 atom stereocenters. The zero-order valence-electron chi connectivity index (χ0n) is 15.5. The molecule has 0 radical (unpaired) electrons. The Hall–Kier alpha value is -2.11. The predicted molar refractivity (Wildman–Crippen MR) is 109 cm³/mol. The standard InChI is InChI=1S/C19H22N4O2S2/c1-4-10-23-18(25)15-13-7-5-8-14(13)27-16(15)21-19(23)26-12(2)17(24)22(3)11-6-9-20/h4,12H,1,5-8,10-11H2,2-3H3/t12-/m1/s1. The van der Waals surface area contributed by atoms with Crippen LogP contribution in [0.3, 0.4) is 0 Å². The van der Waals surface area contributed by atoms with Gasteiger partial charge in [0.15, 0.2) is 5.16 Å². The molecule has 0 saturated heterocycles. The van der Waals surface area contributed by atoms with E-state index in [4.69, 9.17) is 10.2 Å². The molecule has 1 amide bonds. The molecule has 0 aromatic carbocycles.